The van der Waals surface area contributed by atoms with E-state index in [1.54, 1.807) is 0 Å². The summed E-state index contributed by atoms with van der Waals surface area (Å²) in [7, 11) is 0. The topological polar surface area (TPSA) is 39.1 Å². The first-order valence-corrected chi connectivity index (χ1v) is 8.68. The number of piperidine rings is 1. The quantitative estimate of drug-likeness (QED) is 0.619. The van der Waals surface area contributed by atoms with Gasteiger partial charge in [0.2, 0.25) is 0 Å². The van der Waals surface area contributed by atoms with Crippen LogP contribution in [0, 0.1) is 17.2 Å². The maximum absolute atomic E-state index is 9.28. The molecule has 3 unspecified atom stereocenters. The number of nitrogens with one attached hydrogen (secondary N) is 1. The van der Waals surface area contributed by atoms with Crippen LogP contribution < -0.4 is 5.32 Å². The number of likely N-dealkylation sites (tertiary alicyclic amines) is 1. The Kier molecular flexibility index (Phi) is 6.82. The van der Waals surface area contributed by atoms with Crippen molar-refractivity contribution < 1.29 is 0 Å². The highest BCUT2D eigenvalue weighted by Gasteiger charge is 2.23. The van der Waals surface area contributed by atoms with Gasteiger partial charge in [-0.25, -0.2) is 0 Å². The van der Waals surface area contributed by atoms with Gasteiger partial charge in [0, 0.05) is 12.1 Å². The minimum Gasteiger partial charge on any atom is -0.313 e. The highest BCUT2D eigenvalue weighted by atomic mass is 15.2. The van der Waals surface area contributed by atoms with Gasteiger partial charge >= 0.3 is 0 Å². The Morgan fingerprint density at radius 2 is 1.90 bits per heavy atom. The average Bonchev–Trinajstić information content (AvgIpc) is 2.70. The number of hydrogen-bond acceptors (Lipinski definition) is 3. The van der Waals surface area contributed by atoms with Gasteiger partial charge in [-0.1, -0.05) is 25.7 Å². The molecular formula is C17H31N3. The Hall–Kier alpha value is -0.590. The molecule has 1 saturated carbocycles. The smallest absolute Gasteiger partial charge is 0.0672 e. The summed E-state index contributed by atoms with van der Waals surface area (Å²) in [5.74, 6) is 0.242. The fraction of sp³-hybridized carbons (Fsp3) is 0.941. The van der Waals surface area contributed by atoms with Crippen molar-refractivity contribution in [2.75, 3.05) is 19.6 Å². The third-order valence-electron chi connectivity index (χ3n) is 5.15. The summed E-state index contributed by atoms with van der Waals surface area (Å²) in [6, 6.07) is 3.74. The van der Waals surface area contributed by atoms with Crippen molar-refractivity contribution in [3.05, 3.63) is 0 Å². The molecule has 1 saturated heterocycles. The van der Waals surface area contributed by atoms with E-state index in [1.807, 2.05) is 0 Å². The van der Waals surface area contributed by atoms with Crippen LogP contribution in [0.3, 0.4) is 0 Å². The van der Waals surface area contributed by atoms with Crippen LogP contribution in [0.5, 0.6) is 0 Å². The largest absolute Gasteiger partial charge is 0.313 e. The van der Waals surface area contributed by atoms with E-state index in [2.05, 4.69) is 23.2 Å². The molecule has 3 nitrogen and oxygen atoms in total. The summed E-state index contributed by atoms with van der Waals surface area (Å²) in [6.07, 6.45) is 11.5. The number of hydrogen-bond donors (Lipinski definition) is 1. The van der Waals surface area contributed by atoms with Crippen LogP contribution in [0.15, 0.2) is 0 Å². The third kappa shape index (κ3) is 4.75. The summed E-state index contributed by atoms with van der Waals surface area (Å²) >= 11 is 0. The van der Waals surface area contributed by atoms with Crippen molar-refractivity contribution >= 4 is 0 Å². The average molecular weight is 277 g/mol. The Bertz CT molecular complexity index is 310. The Balaban J connectivity index is 1.65. The van der Waals surface area contributed by atoms with Crippen molar-refractivity contribution in [3.63, 3.8) is 0 Å². The molecule has 1 aliphatic heterocycles. The molecule has 20 heavy (non-hydrogen) atoms. The molecule has 2 aliphatic rings. The summed E-state index contributed by atoms with van der Waals surface area (Å²) in [4.78, 5) is 2.64. The molecule has 2 fully saturated rings. The van der Waals surface area contributed by atoms with Gasteiger partial charge in [0.1, 0.15) is 0 Å². The van der Waals surface area contributed by atoms with Gasteiger partial charge in [0.15, 0.2) is 0 Å². The van der Waals surface area contributed by atoms with Gasteiger partial charge in [-0.15, -0.1) is 0 Å². The number of nitriles is 1. The van der Waals surface area contributed by atoms with E-state index in [-0.39, 0.29) is 5.92 Å². The summed E-state index contributed by atoms with van der Waals surface area (Å²) < 4.78 is 0. The molecule has 0 bridgehead atoms. The standard InChI is InChI=1S/C17H31N3/c1-15-8-5-6-12-20(15)13-7-11-19-17-10-4-2-3-9-16(17)14-18/h15-17,19H,2-13H2,1H3. The first kappa shape index (κ1) is 15.8. The lowest BCUT2D eigenvalue weighted by atomic mass is 9.96. The lowest BCUT2D eigenvalue weighted by molar-refractivity contribution is 0.158. The molecule has 0 radical (unpaired) electrons. The molecule has 3 atom stereocenters. The lowest BCUT2D eigenvalue weighted by Crippen LogP contribution is -2.40. The Labute approximate surface area is 124 Å². The molecule has 2 rings (SSSR count). The monoisotopic (exact) mass is 277 g/mol. The van der Waals surface area contributed by atoms with Crippen molar-refractivity contribution in [3.8, 4) is 6.07 Å². The zero-order valence-corrected chi connectivity index (χ0v) is 13.1. The van der Waals surface area contributed by atoms with Crippen molar-refractivity contribution in [2.24, 2.45) is 5.92 Å². The van der Waals surface area contributed by atoms with E-state index >= 15 is 0 Å². The molecule has 114 valence electrons. The highest BCUT2D eigenvalue weighted by Crippen LogP contribution is 2.23. The molecule has 0 aromatic heterocycles. The van der Waals surface area contributed by atoms with E-state index in [0.717, 1.165) is 19.0 Å². The fourth-order valence-corrected chi connectivity index (χ4v) is 3.77. The number of rotatable bonds is 5. The van der Waals surface area contributed by atoms with E-state index in [1.165, 1.54) is 64.5 Å². The molecule has 1 aliphatic carbocycles. The van der Waals surface area contributed by atoms with E-state index in [0.29, 0.717) is 6.04 Å². The van der Waals surface area contributed by atoms with Gasteiger partial charge in [-0.2, -0.15) is 5.26 Å². The second kappa shape index (κ2) is 8.64. The minimum atomic E-state index is 0.242. The van der Waals surface area contributed by atoms with E-state index in [4.69, 9.17) is 0 Å². The normalized spacial score (nSPS) is 32.5. The third-order valence-corrected chi connectivity index (χ3v) is 5.15. The summed E-state index contributed by atoms with van der Waals surface area (Å²) in [6.45, 7) is 5.94. The zero-order valence-electron chi connectivity index (χ0n) is 13.1. The number of nitrogens with zero attached hydrogens (tertiary/aromatic N) is 2. The lowest BCUT2D eigenvalue weighted by Gasteiger charge is -2.33. The van der Waals surface area contributed by atoms with Gasteiger partial charge in [-0.3, -0.25) is 0 Å². The molecule has 0 aromatic rings. The molecule has 0 amide bonds. The first-order valence-electron chi connectivity index (χ1n) is 8.68. The Morgan fingerprint density at radius 3 is 2.70 bits per heavy atom. The van der Waals surface area contributed by atoms with Crippen molar-refractivity contribution in [2.45, 2.75) is 76.8 Å². The van der Waals surface area contributed by atoms with Gasteiger partial charge in [0.25, 0.3) is 0 Å². The maximum atomic E-state index is 9.28. The van der Waals surface area contributed by atoms with Gasteiger partial charge < -0.3 is 10.2 Å². The highest BCUT2D eigenvalue weighted by molar-refractivity contribution is 4.93. The van der Waals surface area contributed by atoms with E-state index in [9.17, 15) is 5.26 Å². The summed E-state index contributed by atoms with van der Waals surface area (Å²) in [5, 5.41) is 13.0. The molecular weight excluding hydrogens is 246 g/mol. The second-order valence-corrected chi connectivity index (χ2v) is 6.67. The van der Waals surface area contributed by atoms with E-state index < -0.39 is 0 Å². The predicted octanol–water partition coefficient (Wildman–Crippen LogP) is 3.31. The van der Waals surface area contributed by atoms with Crippen LogP contribution in [-0.2, 0) is 0 Å². The molecule has 3 heteroatoms. The molecule has 1 heterocycles. The molecule has 0 spiro atoms. The fourth-order valence-electron chi connectivity index (χ4n) is 3.77. The second-order valence-electron chi connectivity index (χ2n) is 6.67. The van der Waals surface area contributed by atoms with Crippen LogP contribution in [0.2, 0.25) is 0 Å². The maximum Gasteiger partial charge on any atom is 0.0672 e. The Morgan fingerprint density at radius 1 is 1.10 bits per heavy atom. The summed E-state index contributed by atoms with van der Waals surface area (Å²) in [5.41, 5.74) is 0. The van der Waals surface area contributed by atoms with Gasteiger partial charge in [0.05, 0.1) is 12.0 Å². The van der Waals surface area contributed by atoms with Crippen LogP contribution >= 0.6 is 0 Å². The predicted molar refractivity (Wildman–Crippen MR) is 83.5 cm³/mol. The van der Waals surface area contributed by atoms with Crippen LogP contribution in [0.4, 0.5) is 0 Å². The van der Waals surface area contributed by atoms with Crippen molar-refractivity contribution in [1.82, 2.24) is 10.2 Å². The zero-order chi connectivity index (χ0) is 14.2. The minimum absolute atomic E-state index is 0.242. The molecule has 1 N–H and O–H groups in total. The van der Waals surface area contributed by atoms with Crippen LogP contribution in [0.25, 0.3) is 0 Å². The van der Waals surface area contributed by atoms with Crippen LogP contribution in [-0.4, -0.2) is 36.6 Å². The molecule has 0 aromatic carbocycles. The van der Waals surface area contributed by atoms with Gasteiger partial charge in [-0.05, 0) is 58.7 Å². The first-order chi connectivity index (χ1) is 9.81. The SMILES string of the molecule is CC1CCCCN1CCCNC1CCCCCC1C#N. The van der Waals surface area contributed by atoms with Crippen LogP contribution in [0.1, 0.15) is 64.7 Å². The van der Waals surface area contributed by atoms with Crippen molar-refractivity contribution in [1.29, 1.82) is 5.26 Å².